The summed E-state index contributed by atoms with van der Waals surface area (Å²) >= 11 is 5.85. The number of rotatable bonds is 7. The fourth-order valence-electron chi connectivity index (χ4n) is 1.91. The van der Waals surface area contributed by atoms with E-state index in [0.717, 1.165) is 11.6 Å². The molecule has 0 spiro atoms. The van der Waals surface area contributed by atoms with E-state index in [1.165, 1.54) is 31.2 Å². The zero-order chi connectivity index (χ0) is 11.8. The van der Waals surface area contributed by atoms with Crippen molar-refractivity contribution in [2.75, 3.05) is 0 Å². The molecule has 0 aliphatic rings. The van der Waals surface area contributed by atoms with Crippen molar-refractivity contribution in [1.82, 2.24) is 5.32 Å². The summed E-state index contributed by atoms with van der Waals surface area (Å²) in [6.45, 7) is 5.43. The maximum atomic E-state index is 5.85. The predicted molar refractivity (Wildman–Crippen MR) is 71.9 cm³/mol. The number of halogens is 1. The van der Waals surface area contributed by atoms with Gasteiger partial charge in [0.15, 0.2) is 0 Å². The zero-order valence-corrected chi connectivity index (χ0v) is 11.1. The van der Waals surface area contributed by atoms with Gasteiger partial charge >= 0.3 is 0 Å². The molecule has 1 nitrogen and oxygen atoms in total. The predicted octanol–water partition coefficient (Wildman–Crippen LogP) is 4.40. The van der Waals surface area contributed by atoms with Crippen LogP contribution in [0.5, 0.6) is 0 Å². The van der Waals surface area contributed by atoms with Crippen molar-refractivity contribution < 1.29 is 0 Å². The Morgan fingerprint density at radius 2 is 1.62 bits per heavy atom. The van der Waals surface area contributed by atoms with Crippen LogP contribution in [0.2, 0.25) is 5.02 Å². The second-order valence-electron chi connectivity index (χ2n) is 4.28. The molecule has 0 radical (unpaired) electrons. The van der Waals surface area contributed by atoms with E-state index in [1.807, 2.05) is 12.1 Å². The molecule has 1 rings (SSSR count). The molecule has 0 saturated heterocycles. The second kappa shape index (κ2) is 7.70. The van der Waals surface area contributed by atoms with Crippen molar-refractivity contribution in [3.05, 3.63) is 34.9 Å². The fourth-order valence-corrected chi connectivity index (χ4v) is 2.04. The van der Waals surface area contributed by atoms with Gasteiger partial charge in [-0.1, -0.05) is 50.4 Å². The van der Waals surface area contributed by atoms with Crippen LogP contribution in [-0.4, -0.2) is 6.04 Å². The number of benzene rings is 1. The standard InChI is InChI=1S/C14H22ClN/c1-3-5-14(6-4-2)16-11-12-7-9-13(15)10-8-12/h7-10,14,16H,3-6,11H2,1-2H3. The quantitative estimate of drug-likeness (QED) is 0.744. The molecule has 1 aromatic rings. The molecule has 0 aliphatic heterocycles. The second-order valence-corrected chi connectivity index (χ2v) is 4.72. The van der Waals surface area contributed by atoms with Gasteiger partial charge in [0, 0.05) is 17.6 Å². The van der Waals surface area contributed by atoms with Crippen LogP contribution in [0.3, 0.4) is 0 Å². The molecule has 0 unspecified atom stereocenters. The SMILES string of the molecule is CCCC(CCC)NCc1ccc(Cl)cc1. The van der Waals surface area contributed by atoms with Gasteiger partial charge in [0.05, 0.1) is 0 Å². The zero-order valence-electron chi connectivity index (χ0n) is 10.3. The van der Waals surface area contributed by atoms with Gasteiger partial charge in [-0.25, -0.2) is 0 Å². The molecule has 0 bridgehead atoms. The van der Waals surface area contributed by atoms with Crippen molar-refractivity contribution >= 4 is 11.6 Å². The van der Waals surface area contributed by atoms with Crippen molar-refractivity contribution in [2.45, 2.75) is 52.1 Å². The van der Waals surface area contributed by atoms with Gasteiger partial charge in [-0.15, -0.1) is 0 Å². The first-order valence-corrected chi connectivity index (χ1v) is 6.61. The summed E-state index contributed by atoms with van der Waals surface area (Å²) in [5.41, 5.74) is 1.31. The molecular formula is C14H22ClN. The number of nitrogens with one attached hydrogen (secondary N) is 1. The Morgan fingerprint density at radius 3 is 2.12 bits per heavy atom. The first-order valence-electron chi connectivity index (χ1n) is 6.24. The third-order valence-corrected chi connectivity index (χ3v) is 3.03. The molecule has 0 amide bonds. The average molecular weight is 240 g/mol. The van der Waals surface area contributed by atoms with Crippen LogP contribution in [-0.2, 0) is 6.54 Å². The Hall–Kier alpha value is -0.530. The Balaban J connectivity index is 2.38. The molecule has 0 aliphatic carbocycles. The maximum absolute atomic E-state index is 5.85. The molecule has 0 fully saturated rings. The van der Waals surface area contributed by atoms with Crippen LogP contribution in [0.25, 0.3) is 0 Å². The van der Waals surface area contributed by atoms with Crippen LogP contribution in [0, 0.1) is 0 Å². The molecule has 16 heavy (non-hydrogen) atoms. The van der Waals surface area contributed by atoms with E-state index in [9.17, 15) is 0 Å². The lowest BCUT2D eigenvalue weighted by Gasteiger charge is -2.17. The monoisotopic (exact) mass is 239 g/mol. The van der Waals surface area contributed by atoms with Gasteiger partial charge in [-0.2, -0.15) is 0 Å². The van der Waals surface area contributed by atoms with E-state index >= 15 is 0 Å². The summed E-state index contributed by atoms with van der Waals surface area (Å²) in [4.78, 5) is 0. The Bertz CT molecular complexity index is 275. The molecule has 0 aromatic heterocycles. The average Bonchev–Trinajstić information content (AvgIpc) is 2.29. The molecule has 1 N–H and O–H groups in total. The van der Waals surface area contributed by atoms with E-state index < -0.39 is 0 Å². The van der Waals surface area contributed by atoms with Crippen LogP contribution < -0.4 is 5.32 Å². The topological polar surface area (TPSA) is 12.0 Å². The van der Waals surface area contributed by atoms with Gasteiger partial charge in [0.25, 0.3) is 0 Å². The third-order valence-electron chi connectivity index (χ3n) is 2.78. The van der Waals surface area contributed by atoms with Gasteiger partial charge in [-0.05, 0) is 30.5 Å². The van der Waals surface area contributed by atoms with Gasteiger partial charge < -0.3 is 5.32 Å². The summed E-state index contributed by atoms with van der Waals surface area (Å²) in [5.74, 6) is 0. The maximum Gasteiger partial charge on any atom is 0.0406 e. The summed E-state index contributed by atoms with van der Waals surface area (Å²) in [5, 5.41) is 4.42. The van der Waals surface area contributed by atoms with Crippen molar-refractivity contribution in [3.8, 4) is 0 Å². The lowest BCUT2D eigenvalue weighted by molar-refractivity contribution is 0.443. The van der Waals surface area contributed by atoms with E-state index in [2.05, 4.69) is 31.3 Å². The highest BCUT2D eigenvalue weighted by atomic mass is 35.5. The Kier molecular flexibility index (Phi) is 6.51. The van der Waals surface area contributed by atoms with E-state index in [0.29, 0.717) is 6.04 Å². The molecule has 90 valence electrons. The molecule has 2 heteroatoms. The lowest BCUT2D eigenvalue weighted by Crippen LogP contribution is -2.28. The largest absolute Gasteiger partial charge is 0.310 e. The van der Waals surface area contributed by atoms with Crippen LogP contribution >= 0.6 is 11.6 Å². The smallest absolute Gasteiger partial charge is 0.0406 e. The van der Waals surface area contributed by atoms with Crippen LogP contribution in [0.4, 0.5) is 0 Å². The highest BCUT2D eigenvalue weighted by molar-refractivity contribution is 6.30. The van der Waals surface area contributed by atoms with Gasteiger partial charge in [-0.3, -0.25) is 0 Å². The third kappa shape index (κ3) is 5.00. The summed E-state index contributed by atoms with van der Waals surface area (Å²) in [7, 11) is 0. The number of hydrogen-bond acceptors (Lipinski definition) is 1. The molecule has 0 atom stereocenters. The van der Waals surface area contributed by atoms with Gasteiger partial charge in [0.2, 0.25) is 0 Å². The minimum absolute atomic E-state index is 0.658. The Morgan fingerprint density at radius 1 is 1.06 bits per heavy atom. The minimum Gasteiger partial charge on any atom is -0.310 e. The van der Waals surface area contributed by atoms with Gasteiger partial charge in [0.1, 0.15) is 0 Å². The Labute approximate surface area is 104 Å². The molecule has 1 aromatic carbocycles. The van der Waals surface area contributed by atoms with Crippen molar-refractivity contribution in [1.29, 1.82) is 0 Å². The normalized spacial score (nSPS) is 11.0. The van der Waals surface area contributed by atoms with E-state index in [4.69, 9.17) is 11.6 Å². The van der Waals surface area contributed by atoms with Crippen LogP contribution in [0.1, 0.15) is 45.1 Å². The molecule has 0 saturated carbocycles. The minimum atomic E-state index is 0.658. The number of hydrogen-bond donors (Lipinski definition) is 1. The van der Waals surface area contributed by atoms with Crippen LogP contribution in [0.15, 0.2) is 24.3 Å². The lowest BCUT2D eigenvalue weighted by atomic mass is 10.1. The highest BCUT2D eigenvalue weighted by Gasteiger charge is 2.05. The fraction of sp³-hybridized carbons (Fsp3) is 0.571. The van der Waals surface area contributed by atoms with Crippen molar-refractivity contribution in [2.24, 2.45) is 0 Å². The molecule has 0 heterocycles. The summed E-state index contributed by atoms with van der Waals surface area (Å²) in [6, 6.07) is 8.74. The summed E-state index contributed by atoms with van der Waals surface area (Å²) in [6.07, 6.45) is 5.03. The summed E-state index contributed by atoms with van der Waals surface area (Å²) < 4.78 is 0. The van der Waals surface area contributed by atoms with Crippen molar-refractivity contribution in [3.63, 3.8) is 0 Å². The van der Waals surface area contributed by atoms with E-state index in [-0.39, 0.29) is 0 Å². The van der Waals surface area contributed by atoms with E-state index in [1.54, 1.807) is 0 Å². The highest BCUT2D eigenvalue weighted by Crippen LogP contribution is 2.10. The molecular weight excluding hydrogens is 218 g/mol. The first-order chi connectivity index (χ1) is 7.76. The first kappa shape index (κ1) is 13.5.